The number of aromatic nitrogens is 3. The summed E-state index contributed by atoms with van der Waals surface area (Å²) in [4.78, 5) is 0. The minimum atomic E-state index is 0.444. The molecule has 1 rings (SSSR count). The molecule has 50 valence electrons. The summed E-state index contributed by atoms with van der Waals surface area (Å²) in [7, 11) is 1.85. The van der Waals surface area contributed by atoms with Crippen molar-refractivity contribution in [3.05, 3.63) is 11.4 Å². The normalized spacial score (nSPS) is 10.1. The Kier molecular flexibility index (Phi) is 1.71. The fraction of sp³-hybridized carbons (Fsp3) is 0.600. The maximum Gasteiger partial charge on any atom is 0.100 e. The Labute approximate surface area is 58.6 Å². The van der Waals surface area contributed by atoms with E-state index in [9.17, 15) is 0 Å². The van der Waals surface area contributed by atoms with Crippen LogP contribution in [0.25, 0.3) is 0 Å². The highest BCUT2D eigenvalue weighted by atomic mass is 35.5. The van der Waals surface area contributed by atoms with Crippen LogP contribution in [0.5, 0.6) is 0 Å². The van der Waals surface area contributed by atoms with Crippen molar-refractivity contribution in [2.75, 3.05) is 0 Å². The van der Waals surface area contributed by atoms with Crippen LogP contribution in [0.2, 0.25) is 0 Å². The van der Waals surface area contributed by atoms with Crippen molar-refractivity contribution < 1.29 is 0 Å². The zero-order chi connectivity index (χ0) is 6.85. The molecule has 1 aromatic rings. The van der Waals surface area contributed by atoms with Crippen LogP contribution in [0, 0.1) is 6.92 Å². The number of nitrogens with zero attached hydrogens (tertiary/aromatic N) is 3. The molecule has 0 saturated heterocycles. The third kappa shape index (κ3) is 1.05. The van der Waals surface area contributed by atoms with E-state index in [1.165, 1.54) is 0 Å². The van der Waals surface area contributed by atoms with Gasteiger partial charge >= 0.3 is 0 Å². The second-order valence-electron chi connectivity index (χ2n) is 1.88. The lowest BCUT2D eigenvalue weighted by Crippen LogP contribution is -1.92. The lowest BCUT2D eigenvalue weighted by atomic mass is 10.4. The van der Waals surface area contributed by atoms with E-state index < -0.39 is 0 Å². The second kappa shape index (κ2) is 2.35. The molecule has 0 radical (unpaired) electrons. The van der Waals surface area contributed by atoms with Gasteiger partial charge in [-0.15, -0.1) is 16.7 Å². The van der Waals surface area contributed by atoms with Gasteiger partial charge in [0.2, 0.25) is 0 Å². The van der Waals surface area contributed by atoms with Gasteiger partial charge in [0.25, 0.3) is 0 Å². The molecule has 0 saturated carbocycles. The van der Waals surface area contributed by atoms with Gasteiger partial charge in [-0.05, 0) is 6.92 Å². The van der Waals surface area contributed by atoms with Crippen LogP contribution in [0.3, 0.4) is 0 Å². The Morgan fingerprint density at radius 3 is 2.56 bits per heavy atom. The molecule has 0 fully saturated rings. The molecule has 0 atom stereocenters. The molecule has 0 aliphatic rings. The molecule has 0 aliphatic heterocycles. The summed E-state index contributed by atoms with van der Waals surface area (Å²) in [5.74, 6) is 0.444. The Morgan fingerprint density at radius 2 is 2.33 bits per heavy atom. The lowest BCUT2D eigenvalue weighted by molar-refractivity contribution is 0.696. The smallest absolute Gasteiger partial charge is 0.100 e. The fourth-order valence-corrected chi connectivity index (χ4v) is 0.818. The summed E-state index contributed by atoms with van der Waals surface area (Å²) in [5, 5.41) is 7.58. The summed E-state index contributed by atoms with van der Waals surface area (Å²) in [6.45, 7) is 1.94. The molecule has 0 spiro atoms. The van der Waals surface area contributed by atoms with Gasteiger partial charge in [-0.3, -0.25) is 4.68 Å². The van der Waals surface area contributed by atoms with Crippen molar-refractivity contribution in [3.8, 4) is 0 Å². The minimum absolute atomic E-state index is 0.444. The summed E-state index contributed by atoms with van der Waals surface area (Å²) in [5.41, 5.74) is 1.89. The Bertz CT molecular complexity index is 206. The fourth-order valence-electron chi connectivity index (χ4n) is 0.571. The molecule has 0 N–H and O–H groups in total. The summed E-state index contributed by atoms with van der Waals surface area (Å²) in [6.07, 6.45) is 0. The third-order valence-electron chi connectivity index (χ3n) is 1.33. The van der Waals surface area contributed by atoms with Gasteiger partial charge in [-0.2, -0.15) is 0 Å². The van der Waals surface area contributed by atoms with Crippen LogP contribution in [-0.2, 0) is 12.9 Å². The predicted octanol–water partition coefficient (Wildman–Crippen LogP) is 0.862. The standard InChI is InChI=1S/C5H8ClN3/c1-4-5(3-6)7-8-9(4)2/h3H2,1-2H3. The molecule has 0 aromatic carbocycles. The summed E-state index contributed by atoms with van der Waals surface area (Å²) < 4.78 is 1.71. The van der Waals surface area contributed by atoms with Crippen molar-refractivity contribution >= 4 is 11.6 Å². The topological polar surface area (TPSA) is 30.7 Å². The van der Waals surface area contributed by atoms with E-state index in [1.807, 2.05) is 14.0 Å². The number of aryl methyl sites for hydroxylation is 1. The van der Waals surface area contributed by atoms with E-state index in [2.05, 4.69) is 10.3 Å². The molecule has 0 amide bonds. The van der Waals surface area contributed by atoms with Gasteiger partial charge in [0, 0.05) is 7.05 Å². The van der Waals surface area contributed by atoms with Crippen LogP contribution in [0.15, 0.2) is 0 Å². The SMILES string of the molecule is Cc1c(CCl)nnn1C. The Morgan fingerprint density at radius 1 is 1.67 bits per heavy atom. The zero-order valence-corrected chi connectivity index (χ0v) is 6.18. The molecular formula is C5H8ClN3. The lowest BCUT2D eigenvalue weighted by Gasteiger charge is -1.89. The average molecular weight is 146 g/mol. The van der Waals surface area contributed by atoms with Crippen molar-refractivity contribution in [2.45, 2.75) is 12.8 Å². The van der Waals surface area contributed by atoms with Crippen molar-refractivity contribution in [3.63, 3.8) is 0 Å². The van der Waals surface area contributed by atoms with Gasteiger partial charge in [0.05, 0.1) is 11.6 Å². The van der Waals surface area contributed by atoms with Gasteiger partial charge in [-0.25, -0.2) is 0 Å². The molecule has 4 heteroatoms. The number of hydrogen-bond donors (Lipinski definition) is 0. The first kappa shape index (κ1) is 6.55. The van der Waals surface area contributed by atoms with Gasteiger partial charge < -0.3 is 0 Å². The average Bonchev–Trinajstić information content (AvgIpc) is 2.15. The van der Waals surface area contributed by atoms with Crippen LogP contribution < -0.4 is 0 Å². The predicted molar refractivity (Wildman–Crippen MR) is 35.3 cm³/mol. The second-order valence-corrected chi connectivity index (χ2v) is 2.15. The molecule has 0 unspecified atom stereocenters. The first-order valence-corrected chi connectivity index (χ1v) is 3.20. The van der Waals surface area contributed by atoms with Crippen molar-refractivity contribution in [1.29, 1.82) is 0 Å². The quantitative estimate of drug-likeness (QED) is 0.549. The molecule has 0 aliphatic carbocycles. The van der Waals surface area contributed by atoms with Gasteiger partial charge in [0.15, 0.2) is 0 Å². The maximum atomic E-state index is 5.53. The molecular weight excluding hydrogens is 138 g/mol. The van der Waals surface area contributed by atoms with E-state index in [4.69, 9.17) is 11.6 Å². The van der Waals surface area contributed by atoms with Crippen LogP contribution in [0.1, 0.15) is 11.4 Å². The molecule has 3 nitrogen and oxygen atoms in total. The number of rotatable bonds is 1. The Balaban J connectivity index is 3.04. The molecule has 0 bridgehead atoms. The highest BCUT2D eigenvalue weighted by molar-refractivity contribution is 6.16. The van der Waals surface area contributed by atoms with E-state index in [-0.39, 0.29) is 0 Å². The Hall–Kier alpha value is -0.570. The maximum absolute atomic E-state index is 5.53. The van der Waals surface area contributed by atoms with Crippen LogP contribution in [-0.4, -0.2) is 15.0 Å². The summed E-state index contributed by atoms with van der Waals surface area (Å²) >= 11 is 5.53. The van der Waals surface area contributed by atoms with E-state index in [0.29, 0.717) is 5.88 Å². The first-order chi connectivity index (χ1) is 4.25. The van der Waals surface area contributed by atoms with Gasteiger partial charge in [-0.1, -0.05) is 5.21 Å². The molecule has 1 heterocycles. The highest BCUT2D eigenvalue weighted by Crippen LogP contribution is 2.03. The number of hydrogen-bond acceptors (Lipinski definition) is 2. The molecule has 9 heavy (non-hydrogen) atoms. The van der Waals surface area contributed by atoms with Crippen molar-refractivity contribution in [2.24, 2.45) is 7.05 Å². The third-order valence-corrected chi connectivity index (χ3v) is 1.58. The zero-order valence-electron chi connectivity index (χ0n) is 5.43. The van der Waals surface area contributed by atoms with Crippen molar-refractivity contribution in [1.82, 2.24) is 15.0 Å². The molecule has 1 aromatic heterocycles. The van der Waals surface area contributed by atoms with E-state index in [1.54, 1.807) is 4.68 Å². The van der Waals surface area contributed by atoms with Gasteiger partial charge in [0.1, 0.15) is 5.69 Å². The van der Waals surface area contributed by atoms with Crippen LogP contribution >= 0.6 is 11.6 Å². The number of halogens is 1. The minimum Gasteiger partial charge on any atom is -0.252 e. The first-order valence-electron chi connectivity index (χ1n) is 2.67. The van der Waals surface area contributed by atoms with E-state index in [0.717, 1.165) is 11.4 Å². The van der Waals surface area contributed by atoms with E-state index >= 15 is 0 Å². The largest absolute Gasteiger partial charge is 0.252 e. The number of alkyl halides is 1. The highest BCUT2D eigenvalue weighted by Gasteiger charge is 2.01. The monoisotopic (exact) mass is 145 g/mol. The summed E-state index contributed by atoms with van der Waals surface area (Å²) in [6, 6.07) is 0. The van der Waals surface area contributed by atoms with Crippen LogP contribution in [0.4, 0.5) is 0 Å².